The average molecular weight is 385 g/mol. The van der Waals surface area contributed by atoms with Crippen molar-refractivity contribution in [1.82, 2.24) is 4.98 Å². The van der Waals surface area contributed by atoms with Crippen LogP contribution in [0.25, 0.3) is 22.4 Å². The van der Waals surface area contributed by atoms with Crippen molar-refractivity contribution in [3.63, 3.8) is 0 Å². The van der Waals surface area contributed by atoms with E-state index >= 15 is 0 Å². The minimum atomic E-state index is 0.565. The molecule has 1 aromatic heterocycles. The predicted octanol–water partition coefficient (Wildman–Crippen LogP) is 6.80. The Morgan fingerprint density at radius 2 is 1.69 bits per heavy atom. The molecule has 0 saturated carbocycles. The van der Waals surface area contributed by atoms with Gasteiger partial charge in [-0.1, -0.05) is 68.7 Å². The molecule has 1 heterocycles. The summed E-state index contributed by atoms with van der Waals surface area (Å²) in [7, 11) is 0. The fourth-order valence-electron chi connectivity index (χ4n) is 3.44. The number of aromatic nitrogens is 1. The first-order chi connectivity index (χ1) is 14.1. The summed E-state index contributed by atoms with van der Waals surface area (Å²) in [6.07, 6.45) is 5.28. The molecule has 0 unspecified atom stereocenters. The van der Waals surface area contributed by atoms with E-state index in [1.165, 1.54) is 18.4 Å². The van der Waals surface area contributed by atoms with E-state index < -0.39 is 0 Å². The van der Waals surface area contributed by atoms with Crippen molar-refractivity contribution >= 4 is 0 Å². The molecule has 3 nitrogen and oxygen atoms in total. The summed E-state index contributed by atoms with van der Waals surface area (Å²) >= 11 is 0. The first-order valence-electron chi connectivity index (χ1n) is 10.3. The predicted molar refractivity (Wildman–Crippen MR) is 119 cm³/mol. The number of hydrogen-bond acceptors (Lipinski definition) is 3. The monoisotopic (exact) mass is 384 g/mol. The average Bonchev–Trinajstić information content (AvgIpc) is 2.77. The van der Waals surface area contributed by atoms with Gasteiger partial charge in [0.25, 0.3) is 0 Å². The SMILES string of the molecule is CCC[C@H](CC)COc1cnc(-c2ccc(C)cc2)c(-c2ccc(C#N)cc2)c1. The van der Waals surface area contributed by atoms with E-state index in [0.717, 1.165) is 34.6 Å². The van der Waals surface area contributed by atoms with Gasteiger partial charge in [0.15, 0.2) is 0 Å². The van der Waals surface area contributed by atoms with E-state index in [-0.39, 0.29) is 0 Å². The van der Waals surface area contributed by atoms with Crippen LogP contribution in [-0.2, 0) is 0 Å². The smallest absolute Gasteiger partial charge is 0.138 e. The number of pyridine rings is 1. The Bertz CT molecular complexity index is 969. The van der Waals surface area contributed by atoms with E-state index in [0.29, 0.717) is 18.1 Å². The van der Waals surface area contributed by atoms with Gasteiger partial charge in [0.1, 0.15) is 5.75 Å². The molecule has 0 fully saturated rings. The molecule has 148 valence electrons. The zero-order chi connectivity index (χ0) is 20.6. The first-order valence-corrected chi connectivity index (χ1v) is 10.3. The summed E-state index contributed by atoms with van der Waals surface area (Å²) in [5, 5.41) is 9.11. The van der Waals surface area contributed by atoms with E-state index in [2.05, 4.69) is 57.2 Å². The van der Waals surface area contributed by atoms with Gasteiger partial charge >= 0.3 is 0 Å². The van der Waals surface area contributed by atoms with Crippen molar-refractivity contribution in [1.29, 1.82) is 5.26 Å². The Balaban J connectivity index is 1.97. The summed E-state index contributed by atoms with van der Waals surface area (Å²) in [6.45, 7) is 7.22. The third-order valence-electron chi connectivity index (χ3n) is 5.27. The molecule has 0 amide bonds. The fourth-order valence-corrected chi connectivity index (χ4v) is 3.44. The maximum absolute atomic E-state index is 9.11. The van der Waals surface area contributed by atoms with E-state index in [9.17, 15) is 0 Å². The highest BCUT2D eigenvalue weighted by Gasteiger charge is 2.13. The molecule has 0 spiro atoms. The second kappa shape index (κ2) is 9.89. The molecule has 0 aliphatic rings. The van der Waals surface area contributed by atoms with Crippen LogP contribution in [0.3, 0.4) is 0 Å². The zero-order valence-electron chi connectivity index (χ0n) is 17.5. The van der Waals surface area contributed by atoms with Crippen LogP contribution in [0.15, 0.2) is 60.8 Å². The number of rotatable bonds is 8. The molecule has 0 N–H and O–H groups in total. The summed E-state index contributed by atoms with van der Waals surface area (Å²) in [6, 6.07) is 20.3. The Morgan fingerprint density at radius 1 is 1.00 bits per heavy atom. The molecule has 0 aliphatic carbocycles. The minimum Gasteiger partial charge on any atom is -0.492 e. The van der Waals surface area contributed by atoms with Gasteiger partial charge in [-0.2, -0.15) is 5.26 Å². The van der Waals surface area contributed by atoms with Gasteiger partial charge in [-0.05, 0) is 43.0 Å². The van der Waals surface area contributed by atoms with Crippen LogP contribution in [0.4, 0.5) is 0 Å². The molecule has 3 rings (SSSR count). The number of ether oxygens (including phenoxy) is 1. The van der Waals surface area contributed by atoms with Gasteiger partial charge < -0.3 is 4.74 Å². The molecule has 0 aliphatic heterocycles. The maximum Gasteiger partial charge on any atom is 0.138 e. The Morgan fingerprint density at radius 3 is 2.31 bits per heavy atom. The van der Waals surface area contributed by atoms with Crippen LogP contribution in [0.1, 0.15) is 44.2 Å². The second-order valence-electron chi connectivity index (χ2n) is 7.50. The topological polar surface area (TPSA) is 45.9 Å². The van der Waals surface area contributed by atoms with Crippen molar-refractivity contribution in [2.24, 2.45) is 5.92 Å². The third kappa shape index (κ3) is 5.23. The van der Waals surface area contributed by atoms with Gasteiger partial charge in [-0.25, -0.2) is 0 Å². The highest BCUT2D eigenvalue weighted by Crippen LogP contribution is 2.33. The van der Waals surface area contributed by atoms with Gasteiger partial charge in [0.05, 0.1) is 30.1 Å². The van der Waals surface area contributed by atoms with Crippen LogP contribution in [0.5, 0.6) is 5.75 Å². The van der Waals surface area contributed by atoms with E-state index in [1.807, 2.05) is 30.5 Å². The minimum absolute atomic E-state index is 0.565. The molecular weight excluding hydrogens is 356 g/mol. The number of aryl methyl sites for hydroxylation is 1. The summed E-state index contributed by atoms with van der Waals surface area (Å²) < 4.78 is 6.11. The van der Waals surface area contributed by atoms with Crippen molar-refractivity contribution in [2.45, 2.75) is 40.0 Å². The standard InChI is InChI=1S/C26H28N2O/c1-4-6-20(5-2)18-29-24-15-25(22-13-9-21(16-27)10-14-22)26(28-17-24)23-11-7-19(3)8-12-23/h7-15,17,20H,4-6,18H2,1-3H3/t20-/m0/s1. The van der Waals surface area contributed by atoms with Crippen LogP contribution >= 0.6 is 0 Å². The molecule has 3 aromatic rings. The highest BCUT2D eigenvalue weighted by atomic mass is 16.5. The molecule has 0 saturated heterocycles. The van der Waals surface area contributed by atoms with Crippen LogP contribution < -0.4 is 4.74 Å². The lowest BCUT2D eigenvalue weighted by atomic mass is 9.98. The first kappa shape index (κ1) is 20.6. The molecular formula is C26H28N2O. The fraction of sp³-hybridized carbons (Fsp3) is 0.308. The Kier molecular flexibility index (Phi) is 7.03. The highest BCUT2D eigenvalue weighted by molar-refractivity contribution is 5.81. The molecule has 2 aromatic carbocycles. The molecule has 29 heavy (non-hydrogen) atoms. The third-order valence-corrected chi connectivity index (χ3v) is 5.27. The van der Waals surface area contributed by atoms with E-state index in [4.69, 9.17) is 15.0 Å². The molecule has 1 atom stereocenters. The summed E-state index contributed by atoms with van der Waals surface area (Å²) in [5.74, 6) is 1.35. The van der Waals surface area contributed by atoms with Crippen LogP contribution in [0, 0.1) is 24.2 Å². The summed E-state index contributed by atoms with van der Waals surface area (Å²) in [5.41, 5.74) is 5.89. The number of hydrogen-bond donors (Lipinski definition) is 0. The van der Waals surface area contributed by atoms with Crippen molar-refractivity contribution < 1.29 is 4.74 Å². The van der Waals surface area contributed by atoms with Crippen molar-refractivity contribution in [2.75, 3.05) is 6.61 Å². The molecule has 3 heteroatoms. The van der Waals surface area contributed by atoms with Crippen LogP contribution in [0.2, 0.25) is 0 Å². The lowest BCUT2D eigenvalue weighted by molar-refractivity contribution is 0.234. The molecule has 0 radical (unpaired) electrons. The van der Waals surface area contributed by atoms with Crippen LogP contribution in [-0.4, -0.2) is 11.6 Å². The number of benzene rings is 2. The Labute approximate surface area is 174 Å². The lowest BCUT2D eigenvalue weighted by Crippen LogP contribution is -2.11. The summed E-state index contributed by atoms with van der Waals surface area (Å²) in [4.78, 5) is 4.76. The number of nitriles is 1. The number of nitrogens with zero attached hydrogens (tertiary/aromatic N) is 2. The van der Waals surface area contributed by atoms with Gasteiger partial charge in [0.2, 0.25) is 0 Å². The normalized spacial score (nSPS) is 11.7. The second-order valence-corrected chi connectivity index (χ2v) is 7.50. The van der Waals surface area contributed by atoms with E-state index in [1.54, 1.807) is 0 Å². The largest absolute Gasteiger partial charge is 0.492 e. The Hall–Kier alpha value is -3.12. The molecule has 0 bridgehead atoms. The van der Waals surface area contributed by atoms with Crippen molar-refractivity contribution in [3.8, 4) is 34.2 Å². The maximum atomic E-state index is 9.11. The lowest BCUT2D eigenvalue weighted by Gasteiger charge is -2.17. The van der Waals surface area contributed by atoms with Gasteiger partial charge in [-0.3, -0.25) is 4.98 Å². The van der Waals surface area contributed by atoms with Gasteiger partial charge in [-0.15, -0.1) is 0 Å². The van der Waals surface area contributed by atoms with Crippen molar-refractivity contribution in [3.05, 3.63) is 71.9 Å². The quantitative estimate of drug-likeness (QED) is 0.429. The van der Waals surface area contributed by atoms with Gasteiger partial charge in [0, 0.05) is 11.1 Å². The zero-order valence-corrected chi connectivity index (χ0v) is 17.5.